The second-order valence-electron chi connectivity index (χ2n) is 5.78. The van der Waals surface area contributed by atoms with Gasteiger partial charge in [-0.15, -0.1) is 20.4 Å². The molecule has 1 aliphatic rings. The van der Waals surface area contributed by atoms with Gasteiger partial charge in [-0.1, -0.05) is 24.8 Å². The van der Waals surface area contributed by atoms with Gasteiger partial charge in [-0.05, 0) is 24.1 Å². The number of hydrogen-bond acceptors (Lipinski definition) is 7. The lowest BCUT2D eigenvalue weighted by Crippen LogP contribution is -2.41. The number of aromatic nitrogens is 5. The van der Waals surface area contributed by atoms with Crippen LogP contribution in [0.25, 0.3) is 16.8 Å². The summed E-state index contributed by atoms with van der Waals surface area (Å²) in [7, 11) is 0. The number of nitrogens with zero attached hydrogens (tertiary/aromatic N) is 6. The molecule has 2 aromatic heterocycles. The maximum atomic E-state index is 12.3. The fourth-order valence-corrected chi connectivity index (χ4v) is 3.66. The first-order valence-electron chi connectivity index (χ1n) is 8.25. The number of morpholine rings is 1. The first kappa shape index (κ1) is 16.2. The normalized spacial score (nSPS) is 15.2. The minimum Gasteiger partial charge on any atom is -0.378 e. The van der Waals surface area contributed by atoms with Crippen molar-refractivity contribution in [2.45, 2.75) is 18.5 Å². The van der Waals surface area contributed by atoms with Crippen molar-refractivity contribution in [1.82, 2.24) is 29.7 Å². The number of aryl methyl sites for hydroxylation is 1. The standard InChI is InChI=1S/C16H18N6O2S/c1-2-11-3-4-13-12(9-11)17-18-15-19-20-16(22(13)15)25-10-14(23)21-5-7-24-8-6-21/h3-4,9H,2,5-8,10H2,1H3. The average molecular weight is 358 g/mol. The molecule has 1 amide bonds. The number of carbonyl (C=O) groups is 1. The highest BCUT2D eigenvalue weighted by Crippen LogP contribution is 2.22. The third-order valence-electron chi connectivity index (χ3n) is 4.24. The van der Waals surface area contributed by atoms with E-state index in [0.29, 0.717) is 43.0 Å². The first-order valence-corrected chi connectivity index (χ1v) is 9.23. The third-order valence-corrected chi connectivity index (χ3v) is 5.15. The predicted molar refractivity (Wildman–Crippen MR) is 93.6 cm³/mol. The lowest BCUT2D eigenvalue weighted by molar-refractivity contribution is -0.132. The highest BCUT2D eigenvalue weighted by molar-refractivity contribution is 7.99. The van der Waals surface area contributed by atoms with E-state index in [9.17, 15) is 4.79 Å². The van der Waals surface area contributed by atoms with E-state index in [0.717, 1.165) is 17.5 Å². The maximum absolute atomic E-state index is 12.3. The van der Waals surface area contributed by atoms with Crippen molar-refractivity contribution in [2.24, 2.45) is 0 Å². The van der Waals surface area contributed by atoms with Gasteiger partial charge in [0.15, 0.2) is 5.16 Å². The van der Waals surface area contributed by atoms with Crippen molar-refractivity contribution in [2.75, 3.05) is 32.1 Å². The zero-order valence-electron chi connectivity index (χ0n) is 13.9. The predicted octanol–water partition coefficient (Wildman–Crippen LogP) is 1.19. The summed E-state index contributed by atoms with van der Waals surface area (Å²) in [4.78, 5) is 14.2. The summed E-state index contributed by atoms with van der Waals surface area (Å²) >= 11 is 1.37. The SMILES string of the molecule is CCc1ccc2c(c1)nnc1nnc(SCC(=O)N3CCOCC3)n12. The number of hydrogen-bond donors (Lipinski definition) is 0. The van der Waals surface area contributed by atoms with Gasteiger partial charge in [0.25, 0.3) is 5.78 Å². The minimum absolute atomic E-state index is 0.0876. The molecule has 130 valence electrons. The topological polar surface area (TPSA) is 85.5 Å². The second kappa shape index (κ2) is 6.93. The van der Waals surface area contributed by atoms with Crippen LogP contribution in [0.3, 0.4) is 0 Å². The Labute approximate surface area is 148 Å². The summed E-state index contributed by atoms with van der Waals surface area (Å²) < 4.78 is 7.14. The van der Waals surface area contributed by atoms with Crippen LogP contribution in [0.2, 0.25) is 0 Å². The quantitative estimate of drug-likeness (QED) is 0.648. The van der Waals surface area contributed by atoms with E-state index in [2.05, 4.69) is 33.4 Å². The fraction of sp³-hybridized carbons (Fsp3) is 0.438. The van der Waals surface area contributed by atoms with Crippen LogP contribution in [0.4, 0.5) is 0 Å². The molecule has 0 saturated carbocycles. The van der Waals surface area contributed by atoms with Crippen LogP contribution < -0.4 is 0 Å². The van der Waals surface area contributed by atoms with Gasteiger partial charge >= 0.3 is 0 Å². The largest absolute Gasteiger partial charge is 0.378 e. The third kappa shape index (κ3) is 3.16. The van der Waals surface area contributed by atoms with E-state index in [4.69, 9.17) is 4.74 Å². The smallest absolute Gasteiger partial charge is 0.275 e. The Hall–Kier alpha value is -2.26. The van der Waals surface area contributed by atoms with Crippen molar-refractivity contribution in [1.29, 1.82) is 0 Å². The van der Waals surface area contributed by atoms with Crippen molar-refractivity contribution >= 4 is 34.5 Å². The molecule has 0 N–H and O–H groups in total. The molecule has 4 rings (SSSR count). The first-order chi connectivity index (χ1) is 12.3. The Morgan fingerprint density at radius 1 is 1.20 bits per heavy atom. The molecule has 1 aliphatic heterocycles. The molecule has 1 aromatic carbocycles. The Kier molecular flexibility index (Phi) is 4.50. The van der Waals surface area contributed by atoms with Gasteiger partial charge < -0.3 is 9.64 Å². The van der Waals surface area contributed by atoms with E-state index < -0.39 is 0 Å². The fourth-order valence-electron chi connectivity index (χ4n) is 2.82. The van der Waals surface area contributed by atoms with Crippen LogP contribution in [0.1, 0.15) is 12.5 Å². The number of thioether (sulfide) groups is 1. The van der Waals surface area contributed by atoms with Crippen LogP contribution in [0.15, 0.2) is 23.4 Å². The zero-order chi connectivity index (χ0) is 17.2. The molecule has 0 radical (unpaired) electrons. The molecule has 0 aliphatic carbocycles. The Bertz CT molecular complexity index is 922. The lowest BCUT2D eigenvalue weighted by Gasteiger charge is -2.26. The molecular weight excluding hydrogens is 340 g/mol. The molecule has 1 saturated heterocycles. The van der Waals surface area contributed by atoms with E-state index in [-0.39, 0.29) is 5.91 Å². The van der Waals surface area contributed by atoms with E-state index in [1.807, 2.05) is 21.4 Å². The van der Waals surface area contributed by atoms with E-state index in [1.54, 1.807) is 0 Å². The molecule has 0 bridgehead atoms. The average Bonchev–Trinajstić information content (AvgIpc) is 3.09. The van der Waals surface area contributed by atoms with Crippen LogP contribution >= 0.6 is 11.8 Å². The highest BCUT2D eigenvalue weighted by atomic mass is 32.2. The van der Waals surface area contributed by atoms with Crippen LogP contribution in [-0.4, -0.2) is 67.7 Å². The van der Waals surface area contributed by atoms with Crippen LogP contribution in [0, 0.1) is 0 Å². The molecule has 3 aromatic rings. The molecule has 25 heavy (non-hydrogen) atoms. The van der Waals surface area contributed by atoms with Gasteiger partial charge in [-0.25, -0.2) is 0 Å². The maximum Gasteiger partial charge on any atom is 0.275 e. The molecule has 0 unspecified atom stereocenters. The van der Waals surface area contributed by atoms with E-state index >= 15 is 0 Å². The second-order valence-corrected chi connectivity index (χ2v) is 6.72. The van der Waals surface area contributed by atoms with Gasteiger partial charge in [-0.2, -0.15) is 0 Å². The number of rotatable bonds is 4. The summed E-state index contributed by atoms with van der Waals surface area (Å²) in [5.74, 6) is 0.847. The van der Waals surface area contributed by atoms with Gasteiger partial charge in [0.2, 0.25) is 5.91 Å². The van der Waals surface area contributed by atoms with Crippen LogP contribution in [0.5, 0.6) is 0 Å². The van der Waals surface area contributed by atoms with Crippen molar-refractivity contribution in [3.8, 4) is 0 Å². The minimum atomic E-state index is 0.0876. The summed E-state index contributed by atoms with van der Waals surface area (Å²) in [6.07, 6.45) is 0.938. The summed E-state index contributed by atoms with van der Waals surface area (Å²) in [5.41, 5.74) is 2.90. The number of carbonyl (C=O) groups excluding carboxylic acids is 1. The van der Waals surface area contributed by atoms with E-state index in [1.165, 1.54) is 17.3 Å². The van der Waals surface area contributed by atoms with Gasteiger partial charge in [0, 0.05) is 13.1 Å². The molecule has 3 heterocycles. The Balaban J connectivity index is 1.61. The van der Waals surface area contributed by atoms with Gasteiger partial charge in [-0.3, -0.25) is 9.20 Å². The van der Waals surface area contributed by atoms with Gasteiger partial charge in [0.1, 0.15) is 5.52 Å². The summed E-state index contributed by atoms with van der Waals surface area (Å²) in [6, 6.07) is 6.10. The number of fused-ring (bicyclic) bond motifs is 3. The van der Waals surface area contributed by atoms with Crippen molar-refractivity contribution in [3.63, 3.8) is 0 Å². The molecule has 0 atom stereocenters. The molecule has 8 nitrogen and oxygen atoms in total. The lowest BCUT2D eigenvalue weighted by atomic mass is 10.1. The van der Waals surface area contributed by atoms with Crippen molar-refractivity contribution < 1.29 is 9.53 Å². The van der Waals surface area contributed by atoms with Crippen molar-refractivity contribution in [3.05, 3.63) is 23.8 Å². The number of ether oxygens (including phenoxy) is 1. The molecule has 0 spiro atoms. The highest BCUT2D eigenvalue weighted by Gasteiger charge is 2.19. The molecular formula is C16H18N6O2S. The Morgan fingerprint density at radius 3 is 2.80 bits per heavy atom. The monoisotopic (exact) mass is 358 g/mol. The summed E-state index contributed by atoms with van der Waals surface area (Å²) in [6.45, 7) is 4.60. The van der Waals surface area contributed by atoms with Crippen LogP contribution in [-0.2, 0) is 16.0 Å². The zero-order valence-corrected chi connectivity index (χ0v) is 14.7. The Morgan fingerprint density at radius 2 is 2.00 bits per heavy atom. The molecule has 1 fully saturated rings. The molecule has 9 heteroatoms. The summed E-state index contributed by atoms with van der Waals surface area (Å²) in [5, 5.41) is 17.3. The van der Waals surface area contributed by atoms with Gasteiger partial charge in [0.05, 0.1) is 24.5 Å². The number of amides is 1. The number of benzene rings is 1.